The average Bonchev–Trinajstić information content (AvgIpc) is 2.03. The Labute approximate surface area is 79.2 Å². The molecule has 0 aliphatic rings. The summed E-state index contributed by atoms with van der Waals surface area (Å²) < 4.78 is 0. The highest BCUT2D eigenvalue weighted by molar-refractivity contribution is 9.09. The van der Waals surface area contributed by atoms with E-state index in [4.69, 9.17) is 11.6 Å². The Balaban J connectivity index is 2.96. The lowest BCUT2D eigenvalue weighted by atomic mass is 10.2. The highest BCUT2D eigenvalue weighted by Crippen LogP contribution is 2.14. The molecule has 1 aromatic rings. The summed E-state index contributed by atoms with van der Waals surface area (Å²) >= 11 is 8.97. The molecule has 0 unspecified atom stereocenters. The number of hydrogen-bond donors (Lipinski definition) is 0. The van der Waals surface area contributed by atoms with Crippen molar-refractivity contribution in [3.05, 3.63) is 35.6 Å². The van der Waals surface area contributed by atoms with Crippen LogP contribution in [0.1, 0.15) is 5.69 Å². The van der Waals surface area contributed by atoms with Gasteiger partial charge in [0.05, 0.1) is 5.69 Å². The predicted molar refractivity (Wildman–Crippen MR) is 52.1 cm³/mol. The van der Waals surface area contributed by atoms with Crippen LogP contribution in [0, 0.1) is 0 Å². The molecule has 0 fully saturated rings. The van der Waals surface area contributed by atoms with E-state index in [0.29, 0.717) is 5.15 Å². The number of rotatable bonds is 2. The molecule has 1 nitrogen and oxygen atoms in total. The highest BCUT2D eigenvalue weighted by atomic mass is 79.9. The van der Waals surface area contributed by atoms with Crippen LogP contribution in [0.2, 0.25) is 5.15 Å². The normalized spacial score (nSPS) is 9.64. The first-order chi connectivity index (χ1) is 5.24. The zero-order valence-corrected chi connectivity index (χ0v) is 8.19. The monoisotopic (exact) mass is 231 g/mol. The number of aromatic nitrogens is 1. The molecule has 0 aliphatic heterocycles. The fraction of sp³-hybridized carbons (Fsp3) is 0.125. The van der Waals surface area contributed by atoms with E-state index in [1.165, 1.54) is 0 Å². The van der Waals surface area contributed by atoms with Gasteiger partial charge >= 0.3 is 0 Å². The van der Waals surface area contributed by atoms with Crippen molar-refractivity contribution in [1.82, 2.24) is 4.98 Å². The van der Waals surface area contributed by atoms with Gasteiger partial charge < -0.3 is 0 Å². The van der Waals surface area contributed by atoms with Gasteiger partial charge in [0.25, 0.3) is 0 Å². The van der Waals surface area contributed by atoms with E-state index in [-0.39, 0.29) is 0 Å². The fourth-order valence-electron chi connectivity index (χ4n) is 0.674. The number of allylic oxidation sites excluding steroid dienone is 1. The number of halogens is 2. The van der Waals surface area contributed by atoms with Crippen molar-refractivity contribution in [3.63, 3.8) is 0 Å². The molecule has 0 N–H and O–H groups in total. The lowest BCUT2D eigenvalue weighted by molar-refractivity contribution is 1.27. The average molecular weight is 233 g/mol. The standard InChI is InChI=1S/C8H7BrClN/c1-6(5-9)7-3-2-4-8(10)11-7/h2-4H,1,5H2. The summed E-state index contributed by atoms with van der Waals surface area (Å²) in [5.74, 6) is 0. The van der Waals surface area contributed by atoms with E-state index in [1.54, 1.807) is 6.07 Å². The van der Waals surface area contributed by atoms with Crippen LogP contribution in [-0.2, 0) is 0 Å². The van der Waals surface area contributed by atoms with Crippen molar-refractivity contribution in [2.45, 2.75) is 0 Å². The van der Waals surface area contributed by atoms with Crippen LogP contribution >= 0.6 is 27.5 Å². The summed E-state index contributed by atoms with van der Waals surface area (Å²) in [6.07, 6.45) is 0. The van der Waals surface area contributed by atoms with Gasteiger partial charge in [0, 0.05) is 5.33 Å². The molecular weight excluding hydrogens is 225 g/mol. The van der Waals surface area contributed by atoms with Crippen molar-refractivity contribution < 1.29 is 0 Å². The van der Waals surface area contributed by atoms with Gasteiger partial charge in [-0.3, -0.25) is 0 Å². The SMILES string of the molecule is C=C(CBr)c1cccc(Cl)n1. The van der Waals surface area contributed by atoms with Gasteiger partial charge in [-0.2, -0.15) is 0 Å². The van der Waals surface area contributed by atoms with E-state index in [0.717, 1.165) is 16.6 Å². The molecule has 0 bridgehead atoms. The maximum Gasteiger partial charge on any atom is 0.129 e. The number of nitrogens with zero attached hydrogens (tertiary/aromatic N) is 1. The summed E-state index contributed by atoms with van der Waals surface area (Å²) in [6.45, 7) is 3.82. The summed E-state index contributed by atoms with van der Waals surface area (Å²) in [5.41, 5.74) is 1.78. The van der Waals surface area contributed by atoms with Crippen LogP contribution in [0.5, 0.6) is 0 Å². The molecule has 0 aliphatic carbocycles. The molecule has 0 atom stereocenters. The van der Waals surface area contributed by atoms with Gasteiger partial charge in [-0.25, -0.2) is 4.98 Å². The second-order valence-electron chi connectivity index (χ2n) is 2.08. The van der Waals surface area contributed by atoms with Crippen LogP contribution in [-0.4, -0.2) is 10.3 Å². The number of hydrogen-bond acceptors (Lipinski definition) is 1. The number of pyridine rings is 1. The van der Waals surface area contributed by atoms with Crippen LogP contribution < -0.4 is 0 Å². The zero-order valence-electron chi connectivity index (χ0n) is 5.85. The quantitative estimate of drug-likeness (QED) is 0.564. The van der Waals surface area contributed by atoms with Crippen molar-refractivity contribution in [3.8, 4) is 0 Å². The second kappa shape index (κ2) is 3.88. The first-order valence-electron chi connectivity index (χ1n) is 3.10. The van der Waals surface area contributed by atoms with Crippen LogP contribution in [0.4, 0.5) is 0 Å². The molecule has 0 saturated carbocycles. The van der Waals surface area contributed by atoms with Gasteiger partial charge in [-0.15, -0.1) is 0 Å². The minimum absolute atomic E-state index is 0.504. The topological polar surface area (TPSA) is 12.9 Å². The maximum absolute atomic E-state index is 5.68. The minimum atomic E-state index is 0.504. The van der Waals surface area contributed by atoms with Crippen LogP contribution in [0.15, 0.2) is 24.8 Å². The molecule has 0 spiro atoms. The van der Waals surface area contributed by atoms with Gasteiger partial charge in [0.1, 0.15) is 5.15 Å². The molecular formula is C8H7BrClN. The van der Waals surface area contributed by atoms with E-state index >= 15 is 0 Å². The molecule has 0 radical (unpaired) electrons. The Morgan fingerprint density at radius 2 is 2.36 bits per heavy atom. The minimum Gasteiger partial charge on any atom is -0.236 e. The highest BCUT2D eigenvalue weighted by Gasteiger charge is 1.97. The smallest absolute Gasteiger partial charge is 0.129 e. The molecule has 3 heteroatoms. The Morgan fingerprint density at radius 3 is 2.91 bits per heavy atom. The van der Waals surface area contributed by atoms with Crippen molar-refractivity contribution >= 4 is 33.1 Å². The van der Waals surface area contributed by atoms with Crippen molar-refractivity contribution in [2.75, 3.05) is 5.33 Å². The molecule has 11 heavy (non-hydrogen) atoms. The van der Waals surface area contributed by atoms with Crippen molar-refractivity contribution in [1.29, 1.82) is 0 Å². The predicted octanol–water partition coefficient (Wildman–Crippen LogP) is 3.14. The summed E-state index contributed by atoms with van der Waals surface area (Å²) in [6, 6.07) is 5.49. The lowest BCUT2D eigenvalue weighted by Crippen LogP contribution is -1.87. The molecule has 1 aromatic heterocycles. The Kier molecular flexibility index (Phi) is 3.09. The third kappa shape index (κ3) is 2.31. The third-order valence-corrected chi connectivity index (χ3v) is 2.13. The molecule has 0 aromatic carbocycles. The van der Waals surface area contributed by atoms with E-state index in [9.17, 15) is 0 Å². The molecule has 0 amide bonds. The van der Waals surface area contributed by atoms with Gasteiger partial charge in [-0.1, -0.05) is 40.2 Å². The van der Waals surface area contributed by atoms with E-state index in [1.807, 2.05) is 12.1 Å². The van der Waals surface area contributed by atoms with E-state index in [2.05, 4.69) is 27.5 Å². The number of alkyl halides is 1. The van der Waals surface area contributed by atoms with Crippen molar-refractivity contribution in [2.24, 2.45) is 0 Å². The summed E-state index contributed by atoms with van der Waals surface area (Å²) in [7, 11) is 0. The first kappa shape index (κ1) is 8.75. The summed E-state index contributed by atoms with van der Waals surface area (Å²) in [4.78, 5) is 4.08. The molecule has 58 valence electrons. The fourth-order valence-corrected chi connectivity index (χ4v) is 1.12. The second-order valence-corrected chi connectivity index (χ2v) is 3.03. The Bertz CT molecular complexity index is 273. The van der Waals surface area contributed by atoms with E-state index < -0.39 is 0 Å². The van der Waals surface area contributed by atoms with Gasteiger partial charge in [-0.05, 0) is 17.7 Å². The van der Waals surface area contributed by atoms with Gasteiger partial charge in [0.15, 0.2) is 0 Å². The first-order valence-corrected chi connectivity index (χ1v) is 4.60. The maximum atomic E-state index is 5.68. The molecule has 1 heterocycles. The van der Waals surface area contributed by atoms with Gasteiger partial charge in [0.2, 0.25) is 0 Å². The lowest BCUT2D eigenvalue weighted by Gasteiger charge is -1.99. The largest absolute Gasteiger partial charge is 0.236 e. The Hall–Kier alpha value is -0.340. The summed E-state index contributed by atoms with van der Waals surface area (Å²) in [5, 5.41) is 1.23. The Morgan fingerprint density at radius 1 is 1.64 bits per heavy atom. The van der Waals surface area contributed by atoms with Crippen LogP contribution in [0.25, 0.3) is 5.57 Å². The molecule has 1 rings (SSSR count). The third-order valence-electron chi connectivity index (χ3n) is 1.24. The van der Waals surface area contributed by atoms with Crippen LogP contribution in [0.3, 0.4) is 0 Å². The molecule has 0 saturated heterocycles. The zero-order chi connectivity index (χ0) is 8.27.